The van der Waals surface area contributed by atoms with E-state index in [1.54, 1.807) is 0 Å². The number of hydrogen-bond donors (Lipinski definition) is 2. The van der Waals surface area contributed by atoms with Crippen LogP contribution in [0.1, 0.15) is 38.3 Å². The Morgan fingerprint density at radius 1 is 1.40 bits per heavy atom. The van der Waals surface area contributed by atoms with Gasteiger partial charge in [-0.05, 0) is 38.4 Å². The van der Waals surface area contributed by atoms with E-state index in [2.05, 4.69) is 15.2 Å². The molecule has 1 aromatic heterocycles. The predicted octanol–water partition coefficient (Wildman–Crippen LogP) is 2.90. The number of nitrogens with zero attached hydrogens (tertiary/aromatic N) is 2. The Morgan fingerprint density at radius 3 is 3.00 bits per heavy atom. The molecule has 0 radical (unpaired) electrons. The van der Waals surface area contributed by atoms with Crippen molar-refractivity contribution in [3.8, 4) is 0 Å². The maximum atomic E-state index is 9.57. The zero-order valence-corrected chi connectivity index (χ0v) is 12.9. The average Bonchev–Trinajstić information content (AvgIpc) is 2.68. The topological polar surface area (TPSA) is 48.4 Å². The number of anilines is 1. The minimum atomic E-state index is 0.213. The number of nitrogens with one attached hydrogen (secondary N) is 1. The van der Waals surface area contributed by atoms with Gasteiger partial charge in [0.2, 0.25) is 0 Å². The van der Waals surface area contributed by atoms with Gasteiger partial charge in [-0.2, -0.15) is 0 Å². The van der Waals surface area contributed by atoms with E-state index in [1.165, 1.54) is 19.3 Å². The zero-order valence-electron chi connectivity index (χ0n) is 12.1. The molecule has 1 atom stereocenters. The van der Waals surface area contributed by atoms with Crippen LogP contribution >= 0.6 is 11.6 Å². The summed E-state index contributed by atoms with van der Waals surface area (Å²) < 4.78 is 0. The van der Waals surface area contributed by atoms with E-state index < -0.39 is 0 Å². The second-order valence-electron chi connectivity index (χ2n) is 5.31. The summed E-state index contributed by atoms with van der Waals surface area (Å²) in [6, 6.07) is 4.03. The van der Waals surface area contributed by atoms with Crippen molar-refractivity contribution < 1.29 is 5.11 Å². The van der Waals surface area contributed by atoms with Crippen LogP contribution in [0.2, 0.25) is 5.02 Å². The summed E-state index contributed by atoms with van der Waals surface area (Å²) in [7, 11) is 0. The molecule has 1 fully saturated rings. The van der Waals surface area contributed by atoms with Crippen molar-refractivity contribution in [2.75, 3.05) is 25.0 Å². The molecule has 112 valence electrons. The first-order valence-electron chi connectivity index (χ1n) is 7.48. The lowest BCUT2D eigenvalue weighted by Crippen LogP contribution is -2.37. The Labute approximate surface area is 126 Å². The second kappa shape index (κ2) is 7.81. The minimum Gasteiger partial charge on any atom is -0.395 e. The highest BCUT2D eigenvalue weighted by molar-refractivity contribution is 6.31. The first kappa shape index (κ1) is 15.5. The largest absolute Gasteiger partial charge is 0.395 e. The quantitative estimate of drug-likeness (QED) is 0.877. The van der Waals surface area contributed by atoms with Crippen LogP contribution in [0.25, 0.3) is 0 Å². The van der Waals surface area contributed by atoms with Crippen molar-refractivity contribution in [2.24, 2.45) is 0 Å². The summed E-state index contributed by atoms with van der Waals surface area (Å²) in [6.45, 7) is 4.83. The lowest BCUT2D eigenvalue weighted by Gasteiger charge is -2.28. The summed E-state index contributed by atoms with van der Waals surface area (Å²) in [5.74, 6) is 0.863. The van der Waals surface area contributed by atoms with E-state index in [4.69, 9.17) is 11.6 Å². The molecule has 20 heavy (non-hydrogen) atoms. The van der Waals surface area contributed by atoms with Crippen molar-refractivity contribution in [2.45, 2.75) is 45.2 Å². The van der Waals surface area contributed by atoms with Crippen LogP contribution < -0.4 is 5.32 Å². The van der Waals surface area contributed by atoms with Crippen molar-refractivity contribution in [3.05, 3.63) is 22.8 Å². The fraction of sp³-hybridized carbons (Fsp3) is 0.667. The van der Waals surface area contributed by atoms with E-state index in [-0.39, 0.29) is 12.6 Å². The molecule has 0 amide bonds. The summed E-state index contributed by atoms with van der Waals surface area (Å²) in [5, 5.41) is 13.5. The van der Waals surface area contributed by atoms with Gasteiger partial charge in [-0.25, -0.2) is 4.98 Å². The fourth-order valence-electron chi connectivity index (χ4n) is 2.72. The number of aliphatic hydroxyl groups is 1. The van der Waals surface area contributed by atoms with Crippen LogP contribution in [0.4, 0.5) is 5.82 Å². The van der Waals surface area contributed by atoms with E-state index in [9.17, 15) is 5.11 Å². The number of likely N-dealkylation sites (tertiary alicyclic amines) is 1. The van der Waals surface area contributed by atoms with E-state index in [1.807, 2.05) is 19.1 Å². The van der Waals surface area contributed by atoms with Gasteiger partial charge >= 0.3 is 0 Å². The number of halogens is 1. The van der Waals surface area contributed by atoms with Crippen LogP contribution in [0.5, 0.6) is 0 Å². The molecule has 1 aliphatic heterocycles. The van der Waals surface area contributed by atoms with E-state index >= 15 is 0 Å². The van der Waals surface area contributed by atoms with E-state index in [0.29, 0.717) is 11.6 Å². The molecule has 1 unspecified atom stereocenters. The number of hydrogen-bond acceptors (Lipinski definition) is 4. The van der Waals surface area contributed by atoms with Crippen LogP contribution in [0, 0.1) is 0 Å². The lowest BCUT2D eigenvalue weighted by molar-refractivity contribution is 0.117. The van der Waals surface area contributed by atoms with Gasteiger partial charge in [-0.1, -0.05) is 24.4 Å². The van der Waals surface area contributed by atoms with Gasteiger partial charge in [0.1, 0.15) is 5.82 Å². The summed E-state index contributed by atoms with van der Waals surface area (Å²) in [5.41, 5.74) is 0.894. The van der Waals surface area contributed by atoms with Crippen molar-refractivity contribution in [1.82, 2.24) is 9.88 Å². The number of aromatic nitrogens is 1. The second-order valence-corrected chi connectivity index (χ2v) is 5.72. The molecule has 0 aliphatic carbocycles. The first-order valence-corrected chi connectivity index (χ1v) is 7.86. The van der Waals surface area contributed by atoms with Gasteiger partial charge < -0.3 is 10.4 Å². The predicted molar refractivity (Wildman–Crippen MR) is 83.2 cm³/mol. The molecule has 1 aliphatic rings. The zero-order chi connectivity index (χ0) is 14.4. The monoisotopic (exact) mass is 297 g/mol. The van der Waals surface area contributed by atoms with Crippen molar-refractivity contribution >= 4 is 17.4 Å². The summed E-state index contributed by atoms with van der Waals surface area (Å²) >= 11 is 6.27. The molecule has 2 rings (SSSR count). The molecular weight excluding hydrogens is 274 g/mol. The lowest BCUT2D eigenvalue weighted by atomic mass is 10.1. The molecule has 0 spiro atoms. The maximum Gasteiger partial charge on any atom is 0.126 e. The molecule has 5 heteroatoms. The average molecular weight is 298 g/mol. The van der Waals surface area contributed by atoms with Gasteiger partial charge in [0.15, 0.2) is 0 Å². The Kier molecular flexibility index (Phi) is 6.07. The van der Waals surface area contributed by atoms with E-state index in [0.717, 1.165) is 31.0 Å². The highest BCUT2D eigenvalue weighted by Gasteiger charge is 2.21. The van der Waals surface area contributed by atoms with Crippen molar-refractivity contribution in [3.63, 3.8) is 0 Å². The SMILES string of the molecule is CCNc1ccc(Cl)c(CN2CCCCCC2CO)n1. The molecule has 1 saturated heterocycles. The third-order valence-electron chi connectivity index (χ3n) is 3.84. The molecule has 2 heterocycles. The maximum absolute atomic E-state index is 9.57. The Bertz CT molecular complexity index is 428. The van der Waals surface area contributed by atoms with Gasteiger partial charge in [-0.15, -0.1) is 0 Å². The first-order chi connectivity index (χ1) is 9.74. The molecule has 0 bridgehead atoms. The van der Waals surface area contributed by atoms with Crippen LogP contribution in [-0.2, 0) is 6.54 Å². The third-order valence-corrected chi connectivity index (χ3v) is 4.18. The minimum absolute atomic E-state index is 0.213. The molecule has 0 saturated carbocycles. The van der Waals surface area contributed by atoms with Gasteiger partial charge in [0.05, 0.1) is 17.3 Å². The summed E-state index contributed by atoms with van der Waals surface area (Å²) in [4.78, 5) is 6.91. The van der Waals surface area contributed by atoms with Crippen LogP contribution in [0.3, 0.4) is 0 Å². The van der Waals surface area contributed by atoms with Crippen LogP contribution in [0.15, 0.2) is 12.1 Å². The molecular formula is C15H24ClN3O. The fourth-order valence-corrected chi connectivity index (χ4v) is 2.88. The standard InChI is InChI=1S/C15H24ClN3O/c1-2-17-15-8-7-13(16)14(18-15)10-19-9-5-3-4-6-12(19)11-20/h7-8,12,20H,2-6,9-11H2,1H3,(H,17,18). The number of aliphatic hydroxyl groups excluding tert-OH is 1. The smallest absolute Gasteiger partial charge is 0.126 e. The highest BCUT2D eigenvalue weighted by Crippen LogP contribution is 2.23. The Balaban J connectivity index is 2.12. The molecule has 4 nitrogen and oxygen atoms in total. The molecule has 0 aromatic carbocycles. The molecule has 1 aromatic rings. The molecule has 2 N–H and O–H groups in total. The summed E-state index contributed by atoms with van der Waals surface area (Å²) in [6.07, 6.45) is 4.67. The van der Waals surface area contributed by atoms with Crippen LogP contribution in [-0.4, -0.2) is 40.7 Å². The Hall–Kier alpha value is -0.840. The number of rotatable bonds is 5. The van der Waals surface area contributed by atoms with Gasteiger partial charge in [0, 0.05) is 19.1 Å². The van der Waals surface area contributed by atoms with Gasteiger partial charge in [0.25, 0.3) is 0 Å². The Morgan fingerprint density at radius 2 is 2.25 bits per heavy atom. The van der Waals surface area contributed by atoms with Gasteiger partial charge in [-0.3, -0.25) is 4.90 Å². The third kappa shape index (κ3) is 4.08. The normalized spacial score (nSPS) is 20.6. The highest BCUT2D eigenvalue weighted by atomic mass is 35.5. The number of pyridine rings is 1. The van der Waals surface area contributed by atoms with Crippen molar-refractivity contribution in [1.29, 1.82) is 0 Å².